The minimum atomic E-state index is -0.0887. The van der Waals surface area contributed by atoms with E-state index in [1.54, 1.807) is 20.2 Å². The number of methoxy groups -OCH3 is 1. The topological polar surface area (TPSA) is 84.0 Å². The van der Waals surface area contributed by atoms with Crippen LogP contribution in [0.3, 0.4) is 0 Å². The van der Waals surface area contributed by atoms with E-state index in [1.165, 1.54) is 0 Å². The van der Waals surface area contributed by atoms with Gasteiger partial charge in [-0.2, -0.15) is 0 Å². The normalized spacial score (nSPS) is 11.1. The molecule has 0 atom stereocenters. The van der Waals surface area contributed by atoms with Crippen molar-refractivity contribution in [2.45, 2.75) is 26.8 Å². The lowest BCUT2D eigenvalue weighted by molar-refractivity contribution is 0.0963. The van der Waals surface area contributed by atoms with E-state index in [0.717, 1.165) is 24.1 Å². The number of rotatable bonds is 10. The Labute approximate surface area is 189 Å². The molecule has 0 bridgehead atoms. The number of hydrogen-bond donors (Lipinski definition) is 3. The molecule has 8 heteroatoms. The molecule has 0 aliphatic rings. The highest BCUT2D eigenvalue weighted by Gasteiger charge is 2.11. The lowest BCUT2D eigenvalue weighted by atomic mass is 10.1. The molecule has 0 aliphatic heterocycles. The van der Waals surface area contributed by atoms with Gasteiger partial charge in [-0.3, -0.25) is 4.79 Å². The zero-order valence-electron chi connectivity index (χ0n) is 18.5. The van der Waals surface area contributed by atoms with Crippen LogP contribution < -0.4 is 25.4 Å². The van der Waals surface area contributed by atoms with Crippen molar-refractivity contribution < 1.29 is 14.3 Å². The molecule has 0 radical (unpaired) electrons. The van der Waals surface area contributed by atoms with Crippen molar-refractivity contribution in [3.63, 3.8) is 0 Å². The molecule has 7 nitrogen and oxygen atoms in total. The highest BCUT2D eigenvalue weighted by molar-refractivity contribution is 6.32. The predicted octanol–water partition coefficient (Wildman–Crippen LogP) is 3.40. The number of aliphatic imine (C=N–C) groups is 1. The molecule has 3 N–H and O–H groups in total. The van der Waals surface area contributed by atoms with Crippen molar-refractivity contribution >= 4 is 23.5 Å². The Bertz CT molecular complexity index is 902. The van der Waals surface area contributed by atoms with Crippen LogP contribution in [0.15, 0.2) is 41.4 Å². The molecule has 2 rings (SSSR count). The van der Waals surface area contributed by atoms with Crippen molar-refractivity contribution in [2.24, 2.45) is 4.99 Å². The van der Waals surface area contributed by atoms with Gasteiger partial charge < -0.3 is 25.4 Å². The molecule has 0 heterocycles. The molecule has 0 fully saturated rings. The van der Waals surface area contributed by atoms with E-state index in [-0.39, 0.29) is 5.91 Å². The Morgan fingerprint density at radius 2 is 1.94 bits per heavy atom. The van der Waals surface area contributed by atoms with Gasteiger partial charge in [0.2, 0.25) is 0 Å². The highest BCUT2D eigenvalue weighted by Crippen LogP contribution is 2.36. The summed E-state index contributed by atoms with van der Waals surface area (Å²) in [5.41, 5.74) is 2.65. The lowest BCUT2D eigenvalue weighted by Crippen LogP contribution is -2.38. The maximum Gasteiger partial charge on any atom is 0.251 e. The minimum absolute atomic E-state index is 0.0887. The fourth-order valence-electron chi connectivity index (χ4n) is 3.00. The molecule has 1 amide bonds. The van der Waals surface area contributed by atoms with E-state index in [2.05, 4.69) is 20.9 Å². The number of carbonyl (C=O) groups excluding carboxylic acids is 1. The molecule has 0 aliphatic carbocycles. The Morgan fingerprint density at radius 3 is 2.61 bits per heavy atom. The Kier molecular flexibility index (Phi) is 9.97. The van der Waals surface area contributed by atoms with Gasteiger partial charge >= 0.3 is 0 Å². The Balaban J connectivity index is 2.02. The molecular formula is C23H31ClN4O3. The smallest absolute Gasteiger partial charge is 0.251 e. The average molecular weight is 447 g/mol. The summed E-state index contributed by atoms with van der Waals surface area (Å²) in [5.74, 6) is 1.75. The maximum atomic E-state index is 11.8. The summed E-state index contributed by atoms with van der Waals surface area (Å²) in [4.78, 5) is 16.4. The molecule has 2 aromatic rings. The van der Waals surface area contributed by atoms with Crippen molar-refractivity contribution in [2.75, 3.05) is 33.9 Å². The van der Waals surface area contributed by atoms with Crippen molar-refractivity contribution in [3.05, 3.63) is 58.1 Å². The first-order chi connectivity index (χ1) is 15.0. The largest absolute Gasteiger partial charge is 0.493 e. The molecule has 0 unspecified atom stereocenters. The van der Waals surface area contributed by atoms with Crippen LogP contribution in [0, 0.1) is 0 Å². The zero-order valence-corrected chi connectivity index (χ0v) is 19.3. The highest BCUT2D eigenvalue weighted by atomic mass is 35.5. The van der Waals surface area contributed by atoms with E-state index in [4.69, 9.17) is 21.1 Å². The van der Waals surface area contributed by atoms with Gasteiger partial charge in [-0.25, -0.2) is 4.99 Å². The fourth-order valence-corrected chi connectivity index (χ4v) is 3.29. The summed E-state index contributed by atoms with van der Waals surface area (Å²) in [7, 11) is 3.22. The van der Waals surface area contributed by atoms with Gasteiger partial charge in [0.05, 0.1) is 25.3 Å². The Morgan fingerprint density at radius 1 is 1.13 bits per heavy atom. The van der Waals surface area contributed by atoms with Gasteiger partial charge in [0.1, 0.15) is 0 Å². The van der Waals surface area contributed by atoms with Gasteiger partial charge in [0, 0.05) is 25.7 Å². The van der Waals surface area contributed by atoms with Crippen molar-refractivity contribution in [1.82, 2.24) is 16.0 Å². The molecule has 0 spiro atoms. The second-order valence-electron chi connectivity index (χ2n) is 6.69. The van der Waals surface area contributed by atoms with Gasteiger partial charge in [-0.05, 0) is 55.7 Å². The van der Waals surface area contributed by atoms with Crippen molar-refractivity contribution in [3.8, 4) is 11.5 Å². The predicted molar refractivity (Wildman–Crippen MR) is 126 cm³/mol. The second-order valence-corrected chi connectivity index (χ2v) is 7.10. The first kappa shape index (κ1) is 24.3. The van der Waals surface area contributed by atoms with Crippen molar-refractivity contribution in [1.29, 1.82) is 0 Å². The van der Waals surface area contributed by atoms with Crippen LogP contribution in [0.2, 0.25) is 5.02 Å². The van der Waals surface area contributed by atoms with Gasteiger partial charge in [-0.1, -0.05) is 23.7 Å². The second kappa shape index (κ2) is 12.7. The van der Waals surface area contributed by atoms with E-state index in [9.17, 15) is 4.79 Å². The average Bonchev–Trinajstić information content (AvgIpc) is 2.78. The maximum absolute atomic E-state index is 11.8. The Hall–Kier alpha value is -2.93. The fraction of sp³-hybridized carbons (Fsp3) is 0.391. The SMILES string of the molecule is CCNC(=NCc1cc(Cl)c(OCC)c(OC)c1)NCCc1cccc(C(=O)NC)c1. The van der Waals surface area contributed by atoms with E-state index in [0.29, 0.717) is 47.7 Å². The third-order valence-corrected chi connectivity index (χ3v) is 4.74. The number of carbonyl (C=O) groups is 1. The summed E-state index contributed by atoms with van der Waals surface area (Å²) in [6, 6.07) is 11.3. The number of nitrogens with one attached hydrogen (secondary N) is 3. The number of guanidine groups is 1. The van der Waals surface area contributed by atoms with Crippen LogP contribution in [0.1, 0.15) is 35.3 Å². The molecule has 0 aromatic heterocycles. The summed E-state index contributed by atoms with van der Waals surface area (Å²) in [6.45, 7) is 6.28. The molecule has 31 heavy (non-hydrogen) atoms. The van der Waals surface area contributed by atoms with Gasteiger partial charge in [0.25, 0.3) is 5.91 Å². The van der Waals surface area contributed by atoms with E-state index in [1.807, 2.05) is 44.2 Å². The molecule has 0 saturated heterocycles. The standard InChI is InChI=1S/C23H31ClN4O3/c1-5-26-23(27-11-10-16-8-7-9-18(12-16)22(29)25-3)28-15-17-13-19(24)21(31-6-2)20(14-17)30-4/h7-9,12-14H,5-6,10-11,15H2,1-4H3,(H,25,29)(H2,26,27,28). The molecular weight excluding hydrogens is 416 g/mol. The third-order valence-electron chi connectivity index (χ3n) is 4.46. The monoisotopic (exact) mass is 446 g/mol. The lowest BCUT2D eigenvalue weighted by Gasteiger charge is -2.14. The number of amides is 1. The first-order valence-corrected chi connectivity index (χ1v) is 10.7. The minimum Gasteiger partial charge on any atom is -0.493 e. The zero-order chi connectivity index (χ0) is 22.6. The molecule has 0 saturated carbocycles. The molecule has 168 valence electrons. The summed E-state index contributed by atoms with van der Waals surface area (Å²) in [5, 5.41) is 9.71. The van der Waals surface area contributed by atoms with E-state index < -0.39 is 0 Å². The number of hydrogen-bond acceptors (Lipinski definition) is 4. The van der Waals surface area contributed by atoms with Gasteiger partial charge in [-0.15, -0.1) is 0 Å². The van der Waals surface area contributed by atoms with Crippen LogP contribution >= 0.6 is 11.6 Å². The molecule has 2 aromatic carbocycles. The van der Waals surface area contributed by atoms with Crippen LogP contribution in [-0.4, -0.2) is 45.7 Å². The summed E-state index contributed by atoms with van der Waals surface area (Å²) in [6.07, 6.45) is 0.762. The van der Waals surface area contributed by atoms with Crippen LogP contribution in [0.5, 0.6) is 11.5 Å². The number of nitrogens with zero attached hydrogens (tertiary/aromatic N) is 1. The van der Waals surface area contributed by atoms with Crippen LogP contribution in [-0.2, 0) is 13.0 Å². The van der Waals surface area contributed by atoms with Gasteiger partial charge in [0.15, 0.2) is 17.5 Å². The number of benzene rings is 2. The summed E-state index contributed by atoms with van der Waals surface area (Å²) >= 11 is 6.35. The summed E-state index contributed by atoms with van der Waals surface area (Å²) < 4.78 is 11.0. The van der Waals surface area contributed by atoms with Crippen LogP contribution in [0.4, 0.5) is 0 Å². The van der Waals surface area contributed by atoms with Crippen LogP contribution in [0.25, 0.3) is 0 Å². The quantitative estimate of drug-likeness (QED) is 0.385. The number of ether oxygens (including phenoxy) is 2. The first-order valence-electron chi connectivity index (χ1n) is 10.3. The number of halogens is 1. The third kappa shape index (κ3) is 7.36. The van der Waals surface area contributed by atoms with E-state index >= 15 is 0 Å².